The summed E-state index contributed by atoms with van der Waals surface area (Å²) in [6.07, 6.45) is 4.38. The third-order valence-corrected chi connectivity index (χ3v) is 2.16. The van der Waals surface area contributed by atoms with Crippen LogP contribution in [0.25, 0.3) is 0 Å². The number of hydrazine groups is 1. The first kappa shape index (κ1) is 8.71. The van der Waals surface area contributed by atoms with Crippen LogP contribution in [-0.4, -0.2) is 4.92 Å². The summed E-state index contributed by atoms with van der Waals surface area (Å²) < 4.78 is 0. The summed E-state index contributed by atoms with van der Waals surface area (Å²) in [7, 11) is 0. The number of hydrogen-bond donors (Lipinski definition) is 1. The average molecular weight is 191 g/mol. The van der Waals surface area contributed by atoms with Gasteiger partial charge in [0, 0.05) is 18.3 Å². The van der Waals surface area contributed by atoms with Gasteiger partial charge in [-0.15, -0.1) is 0 Å². The Morgan fingerprint density at radius 1 is 1.50 bits per heavy atom. The number of allylic oxidation sites excluding steroid dienone is 1. The molecule has 1 aromatic rings. The van der Waals surface area contributed by atoms with Crippen molar-refractivity contribution in [3.05, 3.63) is 46.2 Å². The second-order valence-corrected chi connectivity index (χ2v) is 3.07. The molecule has 5 nitrogen and oxygen atoms in total. The molecular formula is C9H9N3O2. The van der Waals surface area contributed by atoms with Crippen LogP contribution in [0.5, 0.6) is 0 Å². The lowest BCUT2D eigenvalue weighted by atomic mass is 10.1. The number of nitro groups is 1. The minimum Gasteiger partial charge on any atom is -0.287 e. The number of nitrogens with zero attached hydrogens (tertiary/aromatic N) is 2. The van der Waals surface area contributed by atoms with E-state index in [9.17, 15) is 10.1 Å². The number of anilines is 1. The van der Waals surface area contributed by atoms with Crippen molar-refractivity contribution < 1.29 is 4.92 Å². The third kappa shape index (κ3) is 1.33. The molecule has 1 aromatic carbocycles. The molecule has 2 rings (SSSR count). The third-order valence-electron chi connectivity index (χ3n) is 2.16. The van der Waals surface area contributed by atoms with E-state index in [1.54, 1.807) is 12.3 Å². The summed E-state index contributed by atoms with van der Waals surface area (Å²) in [6, 6.07) is 4.71. The molecule has 0 aromatic heterocycles. The maximum absolute atomic E-state index is 10.5. The standard InChI is InChI=1S/C9H9N3O2/c10-11-5-1-2-7-3-4-8(12(13)14)6-9(7)11/h1,3-6H,2,10H2. The normalized spacial score (nSPS) is 13.9. The van der Waals surface area contributed by atoms with Crippen LogP contribution in [0.3, 0.4) is 0 Å². The zero-order valence-electron chi connectivity index (χ0n) is 7.38. The first-order valence-corrected chi connectivity index (χ1v) is 4.16. The van der Waals surface area contributed by atoms with Crippen molar-refractivity contribution in [3.8, 4) is 0 Å². The van der Waals surface area contributed by atoms with E-state index in [4.69, 9.17) is 5.84 Å². The number of benzene rings is 1. The summed E-state index contributed by atoms with van der Waals surface area (Å²) >= 11 is 0. The fraction of sp³-hybridized carbons (Fsp3) is 0.111. The van der Waals surface area contributed by atoms with Gasteiger partial charge in [-0.2, -0.15) is 0 Å². The van der Waals surface area contributed by atoms with Gasteiger partial charge in [0.25, 0.3) is 5.69 Å². The van der Waals surface area contributed by atoms with Crippen LogP contribution in [0, 0.1) is 10.1 Å². The largest absolute Gasteiger partial charge is 0.287 e. The molecule has 0 aliphatic carbocycles. The van der Waals surface area contributed by atoms with Gasteiger partial charge in [0.2, 0.25) is 0 Å². The summed E-state index contributed by atoms with van der Waals surface area (Å²) in [5.41, 5.74) is 1.76. The summed E-state index contributed by atoms with van der Waals surface area (Å²) in [4.78, 5) is 10.1. The van der Waals surface area contributed by atoms with E-state index in [2.05, 4.69) is 0 Å². The molecule has 0 radical (unpaired) electrons. The predicted octanol–water partition coefficient (Wildman–Crippen LogP) is 1.34. The van der Waals surface area contributed by atoms with Crippen LogP contribution in [0.4, 0.5) is 11.4 Å². The van der Waals surface area contributed by atoms with Gasteiger partial charge in [-0.25, -0.2) is 5.84 Å². The zero-order chi connectivity index (χ0) is 10.1. The molecule has 1 heterocycles. The molecule has 1 aliphatic heterocycles. The SMILES string of the molecule is NN1C=CCc2ccc([N+](=O)[O-])cc21. The molecule has 0 spiro atoms. The molecule has 0 saturated heterocycles. The highest BCUT2D eigenvalue weighted by molar-refractivity contribution is 5.62. The minimum absolute atomic E-state index is 0.0644. The van der Waals surface area contributed by atoms with E-state index in [-0.39, 0.29) is 5.69 Å². The molecule has 0 amide bonds. The fourth-order valence-electron chi connectivity index (χ4n) is 1.45. The van der Waals surface area contributed by atoms with Crippen LogP contribution in [-0.2, 0) is 6.42 Å². The van der Waals surface area contributed by atoms with Gasteiger partial charge in [0.1, 0.15) is 0 Å². The molecular weight excluding hydrogens is 182 g/mol. The van der Waals surface area contributed by atoms with Crippen molar-refractivity contribution in [1.29, 1.82) is 0 Å². The summed E-state index contributed by atoms with van der Waals surface area (Å²) in [5, 5.41) is 11.9. The maximum atomic E-state index is 10.5. The van der Waals surface area contributed by atoms with Gasteiger partial charge in [-0.1, -0.05) is 6.08 Å². The topological polar surface area (TPSA) is 72.4 Å². The fourth-order valence-corrected chi connectivity index (χ4v) is 1.45. The monoisotopic (exact) mass is 191 g/mol. The molecule has 14 heavy (non-hydrogen) atoms. The average Bonchev–Trinajstić information content (AvgIpc) is 2.18. The number of nitrogens with two attached hydrogens (primary N) is 1. The van der Waals surface area contributed by atoms with E-state index >= 15 is 0 Å². The summed E-state index contributed by atoms with van der Waals surface area (Å²) in [5.74, 6) is 5.64. The van der Waals surface area contributed by atoms with Gasteiger partial charge in [0.15, 0.2) is 0 Å². The van der Waals surface area contributed by atoms with Crippen molar-refractivity contribution in [2.75, 3.05) is 5.01 Å². The second-order valence-electron chi connectivity index (χ2n) is 3.07. The van der Waals surface area contributed by atoms with E-state index in [0.29, 0.717) is 5.69 Å². The van der Waals surface area contributed by atoms with Gasteiger partial charge < -0.3 is 0 Å². The second kappa shape index (κ2) is 3.12. The van der Waals surface area contributed by atoms with E-state index in [1.807, 2.05) is 6.08 Å². The Kier molecular flexibility index (Phi) is 1.94. The van der Waals surface area contributed by atoms with E-state index in [1.165, 1.54) is 17.1 Å². The van der Waals surface area contributed by atoms with Crippen molar-refractivity contribution >= 4 is 11.4 Å². The quantitative estimate of drug-likeness (QED) is 0.413. The van der Waals surface area contributed by atoms with Gasteiger partial charge in [-0.05, 0) is 18.1 Å². The Morgan fingerprint density at radius 2 is 2.29 bits per heavy atom. The number of non-ortho nitro benzene ring substituents is 1. The molecule has 0 fully saturated rings. The lowest BCUT2D eigenvalue weighted by Gasteiger charge is -2.20. The number of rotatable bonds is 1. The lowest BCUT2D eigenvalue weighted by molar-refractivity contribution is -0.384. The highest BCUT2D eigenvalue weighted by Crippen LogP contribution is 2.27. The van der Waals surface area contributed by atoms with Gasteiger partial charge >= 0.3 is 0 Å². The highest BCUT2D eigenvalue weighted by Gasteiger charge is 2.14. The van der Waals surface area contributed by atoms with E-state index in [0.717, 1.165) is 12.0 Å². The van der Waals surface area contributed by atoms with Crippen LogP contribution in [0.2, 0.25) is 0 Å². The molecule has 0 unspecified atom stereocenters. The first-order valence-electron chi connectivity index (χ1n) is 4.16. The Labute approximate surface area is 80.6 Å². The number of fused-ring (bicyclic) bond motifs is 1. The Bertz CT molecular complexity index is 415. The lowest BCUT2D eigenvalue weighted by Crippen LogP contribution is -2.27. The van der Waals surface area contributed by atoms with Crippen LogP contribution in [0.15, 0.2) is 30.5 Å². The van der Waals surface area contributed by atoms with Crippen LogP contribution in [0.1, 0.15) is 5.56 Å². The Hall–Kier alpha value is -1.88. The van der Waals surface area contributed by atoms with Gasteiger partial charge in [0.05, 0.1) is 10.6 Å². The Morgan fingerprint density at radius 3 is 3.00 bits per heavy atom. The molecule has 0 bridgehead atoms. The van der Waals surface area contributed by atoms with Crippen molar-refractivity contribution in [2.45, 2.75) is 6.42 Å². The molecule has 2 N–H and O–H groups in total. The number of nitro benzene ring substituents is 1. The van der Waals surface area contributed by atoms with Crippen LogP contribution >= 0.6 is 0 Å². The van der Waals surface area contributed by atoms with Gasteiger partial charge in [-0.3, -0.25) is 15.1 Å². The zero-order valence-corrected chi connectivity index (χ0v) is 7.38. The van der Waals surface area contributed by atoms with Crippen molar-refractivity contribution in [2.24, 2.45) is 5.84 Å². The van der Waals surface area contributed by atoms with Crippen molar-refractivity contribution in [1.82, 2.24) is 0 Å². The number of hydrogen-bond acceptors (Lipinski definition) is 4. The molecule has 0 atom stereocenters. The molecule has 1 aliphatic rings. The minimum atomic E-state index is -0.424. The predicted molar refractivity (Wildman–Crippen MR) is 52.6 cm³/mol. The molecule has 0 saturated carbocycles. The Balaban J connectivity index is 2.49. The summed E-state index contributed by atoms with van der Waals surface area (Å²) in [6.45, 7) is 0. The van der Waals surface area contributed by atoms with E-state index < -0.39 is 4.92 Å². The highest BCUT2D eigenvalue weighted by atomic mass is 16.6. The molecule has 72 valence electrons. The first-order chi connectivity index (χ1) is 6.68. The molecule has 5 heteroatoms. The van der Waals surface area contributed by atoms with Crippen LogP contribution < -0.4 is 10.9 Å². The smallest absolute Gasteiger partial charge is 0.271 e. The maximum Gasteiger partial charge on any atom is 0.271 e. The van der Waals surface area contributed by atoms with Crippen molar-refractivity contribution in [3.63, 3.8) is 0 Å².